The predicted octanol–water partition coefficient (Wildman–Crippen LogP) is 4.21. The zero-order chi connectivity index (χ0) is 18.8. The monoisotopic (exact) mass is 364 g/mol. The van der Waals surface area contributed by atoms with Crippen molar-refractivity contribution < 1.29 is 13.9 Å². The third-order valence-corrected chi connectivity index (χ3v) is 5.03. The molecule has 138 valence electrons. The molecular weight excluding hydrogens is 343 g/mol. The Labute approximate surface area is 158 Å². The summed E-state index contributed by atoms with van der Waals surface area (Å²) in [5, 5.41) is 3.69. The van der Waals surface area contributed by atoms with Crippen molar-refractivity contribution >= 4 is 0 Å². The number of pyridine rings is 1. The number of halogens is 1. The smallest absolute Gasteiger partial charge is 0.217 e. The molecule has 1 aliphatic rings. The molecule has 27 heavy (non-hydrogen) atoms. The molecule has 0 unspecified atom stereocenters. The van der Waals surface area contributed by atoms with Gasteiger partial charge in [-0.05, 0) is 53.4 Å². The summed E-state index contributed by atoms with van der Waals surface area (Å²) in [7, 11) is 3.30. The van der Waals surface area contributed by atoms with Crippen molar-refractivity contribution in [2.24, 2.45) is 0 Å². The molecule has 2 heterocycles. The lowest BCUT2D eigenvalue weighted by Gasteiger charge is -2.34. The van der Waals surface area contributed by atoms with Gasteiger partial charge in [-0.15, -0.1) is 0 Å². The molecule has 0 bridgehead atoms. The minimum atomic E-state index is -0.241. The van der Waals surface area contributed by atoms with Crippen LogP contribution in [0, 0.1) is 5.82 Å². The van der Waals surface area contributed by atoms with E-state index in [9.17, 15) is 4.39 Å². The Hall–Kier alpha value is -2.92. The zero-order valence-electron chi connectivity index (χ0n) is 15.3. The van der Waals surface area contributed by atoms with Crippen LogP contribution in [0.25, 0.3) is 0 Å². The van der Waals surface area contributed by atoms with E-state index < -0.39 is 0 Å². The fourth-order valence-electron chi connectivity index (χ4n) is 3.71. The number of methoxy groups -OCH3 is 2. The van der Waals surface area contributed by atoms with Crippen LogP contribution in [0.1, 0.15) is 34.3 Å². The normalized spacial score (nSPS) is 18.6. The molecule has 3 aromatic rings. The summed E-state index contributed by atoms with van der Waals surface area (Å²) in [6.45, 7) is 0. The van der Waals surface area contributed by atoms with E-state index in [0.29, 0.717) is 5.88 Å². The molecular formula is C22H21FN2O2. The van der Waals surface area contributed by atoms with Gasteiger partial charge in [-0.3, -0.25) is 5.32 Å². The van der Waals surface area contributed by atoms with Crippen molar-refractivity contribution in [1.82, 2.24) is 10.3 Å². The standard InChI is InChI=1S/C22H21FN2O2/c1-26-17-9-10-18-15(12-17)13-20(19-4-3-11-24-22(19)27-2)25-21(18)14-5-7-16(23)8-6-14/h3-12,20-21,25H,13H2,1-2H3/t20-,21-/m0/s1. The van der Waals surface area contributed by atoms with Crippen LogP contribution in [-0.4, -0.2) is 19.2 Å². The molecule has 1 N–H and O–H groups in total. The van der Waals surface area contributed by atoms with E-state index in [2.05, 4.69) is 22.4 Å². The number of benzene rings is 2. The van der Waals surface area contributed by atoms with E-state index in [1.807, 2.05) is 30.3 Å². The third-order valence-electron chi connectivity index (χ3n) is 5.03. The second-order valence-corrected chi connectivity index (χ2v) is 6.57. The molecule has 4 rings (SSSR count). The first-order valence-corrected chi connectivity index (χ1v) is 8.87. The van der Waals surface area contributed by atoms with Crippen LogP contribution in [0.2, 0.25) is 0 Å². The first kappa shape index (κ1) is 17.5. The fraction of sp³-hybridized carbons (Fsp3) is 0.227. The van der Waals surface area contributed by atoms with Crippen molar-refractivity contribution in [2.75, 3.05) is 14.2 Å². The SMILES string of the molecule is COc1ccc2c(c1)C[C@@H](c1cccnc1OC)N[C@H]2c1ccc(F)cc1. The fourth-order valence-corrected chi connectivity index (χ4v) is 3.71. The molecule has 2 atom stereocenters. The van der Waals surface area contributed by atoms with Crippen molar-refractivity contribution in [1.29, 1.82) is 0 Å². The predicted molar refractivity (Wildman–Crippen MR) is 102 cm³/mol. The Bertz CT molecular complexity index is 943. The van der Waals surface area contributed by atoms with Gasteiger partial charge in [0.15, 0.2) is 0 Å². The molecule has 2 aromatic carbocycles. The van der Waals surface area contributed by atoms with Crippen LogP contribution in [0.5, 0.6) is 11.6 Å². The molecule has 0 fully saturated rings. The van der Waals surface area contributed by atoms with Crippen molar-refractivity contribution in [3.63, 3.8) is 0 Å². The Morgan fingerprint density at radius 3 is 2.56 bits per heavy atom. The molecule has 5 heteroatoms. The highest BCUT2D eigenvalue weighted by atomic mass is 19.1. The van der Waals surface area contributed by atoms with Gasteiger partial charge in [0, 0.05) is 17.8 Å². The Morgan fingerprint density at radius 2 is 1.81 bits per heavy atom. The van der Waals surface area contributed by atoms with Crippen LogP contribution in [0.3, 0.4) is 0 Å². The van der Waals surface area contributed by atoms with Crippen molar-refractivity contribution in [3.8, 4) is 11.6 Å². The zero-order valence-corrected chi connectivity index (χ0v) is 15.3. The first-order chi connectivity index (χ1) is 13.2. The molecule has 0 amide bonds. The number of aromatic nitrogens is 1. The second kappa shape index (κ2) is 7.37. The van der Waals surface area contributed by atoms with E-state index in [-0.39, 0.29) is 17.9 Å². The molecule has 0 spiro atoms. The van der Waals surface area contributed by atoms with Crippen LogP contribution >= 0.6 is 0 Å². The highest BCUT2D eigenvalue weighted by molar-refractivity contribution is 5.46. The lowest BCUT2D eigenvalue weighted by Crippen LogP contribution is -2.34. The minimum Gasteiger partial charge on any atom is -0.497 e. The van der Waals surface area contributed by atoms with E-state index in [0.717, 1.165) is 23.3 Å². The van der Waals surface area contributed by atoms with Gasteiger partial charge in [0.25, 0.3) is 0 Å². The number of nitrogens with zero attached hydrogens (tertiary/aromatic N) is 1. The summed E-state index contributed by atoms with van der Waals surface area (Å²) >= 11 is 0. The van der Waals surface area contributed by atoms with Gasteiger partial charge < -0.3 is 9.47 Å². The van der Waals surface area contributed by atoms with Gasteiger partial charge in [0.05, 0.1) is 20.3 Å². The Balaban J connectivity index is 1.80. The van der Waals surface area contributed by atoms with Crippen molar-refractivity contribution in [3.05, 3.63) is 88.9 Å². The maximum atomic E-state index is 13.4. The number of rotatable bonds is 4. The lowest BCUT2D eigenvalue weighted by atomic mass is 9.84. The third kappa shape index (κ3) is 3.38. The van der Waals surface area contributed by atoms with Gasteiger partial charge >= 0.3 is 0 Å². The van der Waals surface area contributed by atoms with E-state index in [1.165, 1.54) is 23.3 Å². The van der Waals surface area contributed by atoms with Gasteiger partial charge in [-0.25, -0.2) is 9.37 Å². The molecule has 1 aliphatic heterocycles. The average Bonchev–Trinajstić information content (AvgIpc) is 2.73. The van der Waals surface area contributed by atoms with Gasteiger partial charge in [0.1, 0.15) is 11.6 Å². The summed E-state index contributed by atoms with van der Waals surface area (Å²) in [4.78, 5) is 4.33. The number of nitrogens with one attached hydrogen (secondary N) is 1. The van der Waals surface area contributed by atoms with E-state index >= 15 is 0 Å². The Kier molecular flexibility index (Phi) is 4.77. The maximum absolute atomic E-state index is 13.4. The number of hydrogen-bond acceptors (Lipinski definition) is 4. The summed E-state index contributed by atoms with van der Waals surface area (Å²) in [5.74, 6) is 1.19. The maximum Gasteiger partial charge on any atom is 0.217 e. The number of fused-ring (bicyclic) bond motifs is 1. The lowest BCUT2D eigenvalue weighted by molar-refractivity contribution is 0.371. The summed E-state index contributed by atoms with van der Waals surface area (Å²) < 4.78 is 24.3. The van der Waals surface area contributed by atoms with Crippen LogP contribution in [0.15, 0.2) is 60.8 Å². The largest absolute Gasteiger partial charge is 0.497 e. The van der Waals surface area contributed by atoms with Crippen LogP contribution < -0.4 is 14.8 Å². The minimum absolute atomic E-state index is 0.0170. The quantitative estimate of drug-likeness (QED) is 0.753. The van der Waals surface area contributed by atoms with Crippen LogP contribution in [-0.2, 0) is 6.42 Å². The van der Waals surface area contributed by atoms with E-state index in [1.54, 1.807) is 20.4 Å². The van der Waals surface area contributed by atoms with E-state index in [4.69, 9.17) is 9.47 Å². The molecule has 4 nitrogen and oxygen atoms in total. The average molecular weight is 364 g/mol. The van der Waals surface area contributed by atoms with Crippen LogP contribution in [0.4, 0.5) is 4.39 Å². The van der Waals surface area contributed by atoms with Gasteiger partial charge in [0.2, 0.25) is 5.88 Å². The van der Waals surface area contributed by atoms with Crippen molar-refractivity contribution in [2.45, 2.75) is 18.5 Å². The number of hydrogen-bond donors (Lipinski definition) is 1. The summed E-state index contributed by atoms with van der Waals surface area (Å²) in [6.07, 6.45) is 2.51. The molecule has 0 saturated heterocycles. The first-order valence-electron chi connectivity index (χ1n) is 8.87. The summed E-state index contributed by atoms with van der Waals surface area (Å²) in [6, 6.07) is 16.6. The van der Waals surface area contributed by atoms with Gasteiger partial charge in [-0.2, -0.15) is 0 Å². The molecule has 0 saturated carbocycles. The Morgan fingerprint density at radius 1 is 1.00 bits per heavy atom. The molecule has 1 aromatic heterocycles. The highest BCUT2D eigenvalue weighted by Gasteiger charge is 2.30. The van der Waals surface area contributed by atoms with Gasteiger partial charge in [-0.1, -0.05) is 24.3 Å². The number of ether oxygens (including phenoxy) is 2. The second-order valence-electron chi connectivity index (χ2n) is 6.57. The molecule has 0 aliphatic carbocycles. The topological polar surface area (TPSA) is 43.4 Å². The highest BCUT2D eigenvalue weighted by Crippen LogP contribution is 2.39. The molecule has 0 radical (unpaired) electrons. The summed E-state index contributed by atoms with van der Waals surface area (Å²) in [5.41, 5.74) is 4.37.